The highest BCUT2D eigenvalue weighted by Crippen LogP contribution is 2.29. The molecule has 0 amide bonds. The number of aliphatic imine (C=N–C) groups is 1. The van der Waals surface area contributed by atoms with E-state index in [0.29, 0.717) is 30.4 Å². The van der Waals surface area contributed by atoms with Crippen LogP contribution in [0.3, 0.4) is 0 Å². The fraction of sp³-hybridized carbons (Fsp3) is 0.250. The van der Waals surface area contributed by atoms with E-state index in [-0.39, 0.29) is 6.54 Å². The maximum atomic E-state index is 12.9. The third kappa shape index (κ3) is 5.56. The standard InChI is InChI=1S/C20H21F3N6/c1-2-24-19(25-12-15-7-6-8-16(11-15)20(21,22)23)26-13-18-28-27-14-29(18)17-9-4-3-5-10-17/h3-11,14H,2,12-13H2,1H3,(H2,24,25,26). The molecule has 3 rings (SSSR count). The number of nitrogens with zero attached hydrogens (tertiary/aromatic N) is 4. The first-order chi connectivity index (χ1) is 14.0. The minimum Gasteiger partial charge on any atom is -0.357 e. The molecule has 6 nitrogen and oxygen atoms in total. The van der Waals surface area contributed by atoms with Gasteiger partial charge in [0.25, 0.3) is 0 Å². The van der Waals surface area contributed by atoms with E-state index >= 15 is 0 Å². The highest BCUT2D eigenvalue weighted by Gasteiger charge is 2.30. The number of guanidine groups is 1. The summed E-state index contributed by atoms with van der Waals surface area (Å²) in [7, 11) is 0. The highest BCUT2D eigenvalue weighted by atomic mass is 19.4. The van der Waals surface area contributed by atoms with E-state index < -0.39 is 11.7 Å². The van der Waals surface area contributed by atoms with Gasteiger partial charge >= 0.3 is 6.18 Å². The zero-order valence-corrected chi connectivity index (χ0v) is 15.8. The third-order valence-corrected chi connectivity index (χ3v) is 4.08. The van der Waals surface area contributed by atoms with Gasteiger partial charge in [0.05, 0.1) is 18.7 Å². The van der Waals surface area contributed by atoms with Crippen LogP contribution in [0.5, 0.6) is 0 Å². The smallest absolute Gasteiger partial charge is 0.357 e. The largest absolute Gasteiger partial charge is 0.416 e. The second-order valence-electron chi connectivity index (χ2n) is 6.20. The Labute approximate surface area is 166 Å². The van der Waals surface area contributed by atoms with E-state index in [1.54, 1.807) is 12.4 Å². The van der Waals surface area contributed by atoms with Crippen molar-refractivity contribution in [1.29, 1.82) is 0 Å². The van der Waals surface area contributed by atoms with Crippen LogP contribution in [-0.4, -0.2) is 27.3 Å². The predicted octanol–water partition coefficient (Wildman–Crippen LogP) is 3.54. The minimum absolute atomic E-state index is 0.116. The molecular weight excluding hydrogens is 381 g/mol. The lowest BCUT2D eigenvalue weighted by molar-refractivity contribution is -0.137. The van der Waals surface area contributed by atoms with E-state index in [2.05, 4.69) is 25.8 Å². The summed E-state index contributed by atoms with van der Waals surface area (Å²) in [6, 6.07) is 14.8. The van der Waals surface area contributed by atoms with Gasteiger partial charge in [-0.25, -0.2) is 4.99 Å². The quantitative estimate of drug-likeness (QED) is 0.489. The van der Waals surface area contributed by atoms with Gasteiger partial charge in [0.15, 0.2) is 11.8 Å². The highest BCUT2D eigenvalue weighted by molar-refractivity contribution is 5.79. The second-order valence-corrected chi connectivity index (χ2v) is 6.20. The molecule has 2 N–H and O–H groups in total. The summed E-state index contributed by atoms with van der Waals surface area (Å²) in [5, 5.41) is 14.3. The molecule has 0 aliphatic rings. The molecular formula is C20H21F3N6. The number of hydrogen-bond donors (Lipinski definition) is 2. The Morgan fingerprint density at radius 1 is 1.07 bits per heavy atom. The van der Waals surface area contributed by atoms with Crippen molar-refractivity contribution in [2.75, 3.05) is 6.54 Å². The van der Waals surface area contributed by atoms with Crippen molar-refractivity contribution in [2.24, 2.45) is 4.99 Å². The Balaban J connectivity index is 1.69. The number of hydrogen-bond acceptors (Lipinski definition) is 3. The normalized spacial score (nSPS) is 12.1. The molecule has 2 aromatic carbocycles. The summed E-state index contributed by atoms with van der Waals surface area (Å²) in [6.45, 7) is 2.99. The molecule has 0 saturated heterocycles. The molecule has 0 aliphatic heterocycles. The molecule has 0 atom stereocenters. The first-order valence-electron chi connectivity index (χ1n) is 9.10. The summed E-state index contributed by atoms with van der Waals surface area (Å²) in [5.41, 5.74) is 0.726. The molecule has 3 aromatic rings. The SMILES string of the molecule is CCNC(=NCc1cccc(C(F)(F)F)c1)NCc1nncn1-c1ccccc1. The molecule has 0 bridgehead atoms. The van der Waals surface area contributed by atoms with Crippen molar-refractivity contribution in [3.8, 4) is 5.69 Å². The number of para-hydroxylation sites is 1. The predicted molar refractivity (Wildman–Crippen MR) is 104 cm³/mol. The molecule has 1 aromatic heterocycles. The summed E-state index contributed by atoms with van der Waals surface area (Å²) in [6.07, 6.45) is -2.75. The average Bonchev–Trinajstić information content (AvgIpc) is 3.19. The lowest BCUT2D eigenvalue weighted by atomic mass is 10.1. The van der Waals surface area contributed by atoms with Crippen LogP contribution >= 0.6 is 0 Å². The van der Waals surface area contributed by atoms with Gasteiger partial charge < -0.3 is 10.6 Å². The molecule has 9 heteroatoms. The van der Waals surface area contributed by atoms with Gasteiger partial charge in [-0.2, -0.15) is 13.2 Å². The molecule has 29 heavy (non-hydrogen) atoms. The van der Waals surface area contributed by atoms with Gasteiger partial charge in [0.1, 0.15) is 6.33 Å². The summed E-state index contributed by atoms with van der Waals surface area (Å²) < 4.78 is 40.5. The fourth-order valence-electron chi connectivity index (χ4n) is 2.70. The molecule has 0 aliphatic carbocycles. The topological polar surface area (TPSA) is 67.1 Å². The minimum atomic E-state index is -4.37. The molecule has 152 valence electrons. The molecule has 0 saturated carbocycles. The van der Waals surface area contributed by atoms with Crippen LogP contribution in [0.4, 0.5) is 13.2 Å². The third-order valence-electron chi connectivity index (χ3n) is 4.08. The lowest BCUT2D eigenvalue weighted by Crippen LogP contribution is -2.37. The number of rotatable bonds is 6. The van der Waals surface area contributed by atoms with E-state index in [0.717, 1.165) is 17.8 Å². The van der Waals surface area contributed by atoms with E-state index in [4.69, 9.17) is 0 Å². The number of alkyl halides is 3. The summed E-state index contributed by atoms with van der Waals surface area (Å²) >= 11 is 0. The first kappa shape index (κ1) is 20.4. The zero-order chi connectivity index (χ0) is 20.7. The Morgan fingerprint density at radius 2 is 1.86 bits per heavy atom. The van der Waals surface area contributed by atoms with Crippen LogP contribution in [0.1, 0.15) is 23.9 Å². The van der Waals surface area contributed by atoms with E-state index in [1.165, 1.54) is 6.07 Å². The van der Waals surface area contributed by atoms with Crippen molar-refractivity contribution in [2.45, 2.75) is 26.2 Å². The van der Waals surface area contributed by atoms with Crippen LogP contribution in [0.2, 0.25) is 0 Å². The Kier molecular flexibility index (Phi) is 6.48. The van der Waals surface area contributed by atoms with Crippen molar-refractivity contribution >= 4 is 5.96 Å². The number of benzene rings is 2. The molecule has 0 unspecified atom stereocenters. The maximum absolute atomic E-state index is 12.9. The Bertz CT molecular complexity index is 950. The van der Waals surface area contributed by atoms with Crippen LogP contribution in [0.25, 0.3) is 5.69 Å². The van der Waals surface area contributed by atoms with Crippen molar-refractivity contribution in [3.05, 3.63) is 77.9 Å². The van der Waals surface area contributed by atoms with Crippen molar-refractivity contribution in [3.63, 3.8) is 0 Å². The maximum Gasteiger partial charge on any atom is 0.416 e. The number of halogens is 3. The van der Waals surface area contributed by atoms with E-state index in [1.807, 2.05) is 41.8 Å². The van der Waals surface area contributed by atoms with Crippen LogP contribution in [-0.2, 0) is 19.3 Å². The molecule has 0 fully saturated rings. The Hall–Kier alpha value is -3.36. The van der Waals surface area contributed by atoms with Gasteiger partial charge in [-0.3, -0.25) is 4.57 Å². The van der Waals surface area contributed by atoms with Crippen molar-refractivity contribution in [1.82, 2.24) is 25.4 Å². The van der Waals surface area contributed by atoms with Gasteiger partial charge in [0, 0.05) is 12.2 Å². The van der Waals surface area contributed by atoms with Gasteiger partial charge in [-0.05, 0) is 36.8 Å². The number of aromatic nitrogens is 3. The van der Waals surface area contributed by atoms with Gasteiger partial charge in [-0.15, -0.1) is 10.2 Å². The second kappa shape index (κ2) is 9.22. The molecule has 0 spiro atoms. The van der Waals surface area contributed by atoms with Crippen LogP contribution in [0.15, 0.2) is 65.9 Å². The number of nitrogens with one attached hydrogen (secondary N) is 2. The molecule has 0 radical (unpaired) electrons. The van der Waals surface area contributed by atoms with Gasteiger partial charge in [-0.1, -0.05) is 30.3 Å². The fourth-order valence-corrected chi connectivity index (χ4v) is 2.70. The van der Waals surface area contributed by atoms with Gasteiger partial charge in [0.2, 0.25) is 0 Å². The lowest BCUT2D eigenvalue weighted by Gasteiger charge is -2.12. The Morgan fingerprint density at radius 3 is 2.59 bits per heavy atom. The van der Waals surface area contributed by atoms with Crippen molar-refractivity contribution < 1.29 is 13.2 Å². The monoisotopic (exact) mass is 402 g/mol. The average molecular weight is 402 g/mol. The van der Waals surface area contributed by atoms with Crippen LogP contribution < -0.4 is 10.6 Å². The summed E-state index contributed by atoms with van der Waals surface area (Å²) in [5.74, 6) is 1.16. The zero-order valence-electron chi connectivity index (χ0n) is 15.8. The van der Waals surface area contributed by atoms with E-state index in [9.17, 15) is 13.2 Å². The molecule has 1 heterocycles. The summed E-state index contributed by atoms with van der Waals surface area (Å²) in [4.78, 5) is 4.38. The van der Waals surface area contributed by atoms with Crippen LogP contribution in [0, 0.1) is 0 Å². The first-order valence-corrected chi connectivity index (χ1v) is 9.10.